The first kappa shape index (κ1) is 28.0. The summed E-state index contributed by atoms with van der Waals surface area (Å²) < 4.78 is 0. The van der Waals surface area contributed by atoms with E-state index in [2.05, 4.69) is 94.2 Å². The second kappa shape index (κ2) is 13.1. The van der Waals surface area contributed by atoms with Crippen LogP contribution >= 0.6 is 31.9 Å². The summed E-state index contributed by atoms with van der Waals surface area (Å²) in [6.07, 6.45) is -0.435. The molecule has 0 radical (unpaired) electrons. The summed E-state index contributed by atoms with van der Waals surface area (Å²) in [5.74, 6) is 0.143. The third-order valence-electron chi connectivity index (χ3n) is 6.22. The van der Waals surface area contributed by atoms with Crippen LogP contribution in [0.15, 0.2) is 84.9 Å². The Bertz CT molecular complexity index is 1270. The molecular formula is C32H32Br2O2. The van der Waals surface area contributed by atoms with Gasteiger partial charge in [-0.25, -0.2) is 0 Å². The van der Waals surface area contributed by atoms with Crippen molar-refractivity contribution in [3.8, 4) is 22.3 Å². The molecule has 1 N–H and O–H groups in total. The van der Waals surface area contributed by atoms with Gasteiger partial charge in [0.15, 0.2) is 5.78 Å². The lowest BCUT2D eigenvalue weighted by Gasteiger charge is -2.16. The van der Waals surface area contributed by atoms with Gasteiger partial charge in [0.05, 0.1) is 11.4 Å². The summed E-state index contributed by atoms with van der Waals surface area (Å²) in [6, 6.07) is 29.0. The van der Waals surface area contributed by atoms with Crippen molar-refractivity contribution in [3.63, 3.8) is 0 Å². The molecule has 4 aromatic carbocycles. The molecule has 4 rings (SSSR count). The second-order valence-corrected chi connectivity index (χ2v) is 10.2. The van der Waals surface area contributed by atoms with Crippen LogP contribution in [0.2, 0.25) is 0 Å². The van der Waals surface area contributed by atoms with Crippen molar-refractivity contribution in [2.24, 2.45) is 0 Å². The third-order valence-corrected chi connectivity index (χ3v) is 7.34. The molecule has 0 saturated carbocycles. The molecule has 0 aliphatic carbocycles. The van der Waals surface area contributed by atoms with Gasteiger partial charge in [0, 0.05) is 10.9 Å². The first-order valence-electron chi connectivity index (χ1n) is 11.9. The molecule has 0 aliphatic heterocycles. The predicted octanol–water partition coefficient (Wildman–Crippen LogP) is 8.95. The molecule has 0 aliphatic rings. The maximum Gasteiger partial charge on any atom is 0.173 e. The van der Waals surface area contributed by atoms with Crippen LogP contribution in [0.25, 0.3) is 22.3 Å². The van der Waals surface area contributed by atoms with E-state index in [1.807, 2.05) is 50.2 Å². The van der Waals surface area contributed by atoms with E-state index in [0.29, 0.717) is 10.7 Å². The highest BCUT2D eigenvalue weighted by atomic mass is 79.9. The number of aryl methyl sites for hydroxylation is 4. The Labute approximate surface area is 231 Å². The van der Waals surface area contributed by atoms with Crippen LogP contribution in [0.3, 0.4) is 0 Å². The Morgan fingerprint density at radius 1 is 0.667 bits per heavy atom. The van der Waals surface area contributed by atoms with Crippen LogP contribution in [-0.4, -0.2) is 21.5 Å². The lowest BCUT2D eigenvalue weighted by Crippen LogP contribution is -2.05. The van der Waals surface area contributed by atoms with E-state index >= 15 is 0 Å². The number of Topliss-reactive ketones (excluding diaryl/α,β-unsaturated/α-hetero) is 1. The van der Waals surface area contributed by atoms with Crippen LogP contribution in [0.4, 0.5) is 0 Å². The van der Waals surface area contributed by atoms with Crippen LogP contribution in [0, 0.1) is 27.7 Å². The molecule has 4 heteroatoms. The zero-order valence-electron chi connectivity index (χ0n) is 21.2. The lowest BCUT2D eigenvalue weighted by molar-refractivity contribution is 0.102. The van der Waals surface area contributed by atoms with E-state index in [1.165, 1.54) is 16.7 Å². The van der Waals surface area contributed by atoms with Gasteiger partial charge in [-0.2, -0.15) is 0 Å². The van der Waals surface area contributed by atoms with Crippen LogP contribution in [0.5, 0.6) is 0 Å². The second-order valence-electron chi connectivity index (χ2n) is 8.97. The zero-order chi connectivity index (χ0) is 26.2. The van der Waals surface area contributed by atoms with E-state index in [0.717, 1.165) is 38.9 Å². The van der Waals surface area contributed by atoms with Gasteiger partial charge in [-0.15, -0.1) is 0 Å². The van der Waals surface area contributed by atoms with E-state index < -0.39 is 6.10 Å². The Hall–Kier alpha value is -2.53. The molecule has 0 saturated heterocycles. The first-order valence-corrected chi connectivity index (χ1v) is 14.2. The van der Waals surface area contributed by atoms with E-state index in [9.17, 15) is 9.90 Å². The van der Waals surface area contributed by atoms with Crippen molar-refractivity contribution in [2.75, 3.05) is 10.7 Å². The quantitative estimate of drug-likeness (QED) is 0.175. The van der Waals surface area contributed by atoms with Gasteiger partial charge in [0.25, 0.3) is 0 Å². The number of aliphatic hydroxyl groups is 1. The number of carbonyl (C=O) groups is 1. The van der Waals surface area contributed by atoms with Crippen LogP contribution < -0.4 is 0 Å². The number of carbonyl (C=O) groups excluding carboxylic acids is 1. The summed E-state index contributed by atoms with van der Waals surface area (Å²) in [6.45, 7) is 8.10. The van der Waals surface area contributed by atoms with Crippen molar-refractivity contribution in [3.05, 3.63) is 118 Å². The molecule has 1 atom stereocenters. The predicted molar refractivity (Wildman–Crippen MR) is 160 cm³/mol. The molecule has 0 spiro atoms. The minimum atomic E-state index is -0.435. The fourth-order valence-corrected chi connectivity index (χ4v) is 5.25. The summed E-state index contributed by atoms with van der Waals surface area (Å²) >= 11 is 6.57. The molecule has 186 valence electrons. The van der Waals surface area contributed by atoms with E-state index in [-0.39, 0.29) is 5.78 Å². The van der Waals surface area contributed by atoms with Gasteiger partial charge in [0.2, 0.25) is 0 Å². The Morgan fingerprint density at radius 3 is 1.42 bits per heavy atom. The summed E-state index contributed by atoms with van der Waals surface area (Å²) in [5.41, 5.74) is 11.0. The standard InChI is InChI=1S/C16H17BrO.C16H15BrO/c2*1-11-8-14(13-6-4-3-5-7-13)9-12(2)16(11)15(18)10-17/h3-9,15,18H,10H2,1-2H3;3-9H,10H2,1-2H3. The third kappa shape index (κ3) is 6.82. The highest BCUT2D eigenvalue weighted by molar-refractivity contribution is 9.09. The topological polar surface area (TPSA) is 37.3 Å². The van der Waals surface area contributed by atoms with Crippen molar-refractivity contribution in [1.82, 2.24) is 0 Å². The minimum absolute atomic E-state index is 0.143. The fourth-order valence-electron chi connectivity index (χ4n) is 4.64. The molecular weight excluding hydrogens is 576 g/mol. The Kier molecular flexibility index (Phi) is 10.2. The number of hydrogen-bond donors (Lipinski definition) is 1. The minimum Gasteiger partial charge on any atom is -0.388 e. The molecule has 0 fully saturated rings. The maximum atomic E-state index is 11.9. The monoisotopic (exact) mass is 606 g/mol. The number of benzene rings is 4. The number of rotatable bonds is 6. The largest absolute Gasteiger partial charge is 0.388 e. The van der Waals surface area contributed by atoms with Gasteiger partial charge in [-0.3, -0.25) is 4.79 Å². The number of ketones is 1. The van der Waals surface area contributed by atoms with Crippen molar-refractivity contribution >= 4 is 37.6 Å². The van der Waals surface area contributed by atoms with E-state index in [4.69, 9.17) is 0 Å². The zero-order valence-corrected chi connectivity index (χ0v) is 24.4. The highest BCUT2D eigenvalue weighted by Gasteiger charge is 2.14. The van der Waals surface area contributed by atoms with Crippen molar-refractivity contribution < 1.29 is 9.90 Å². The molecule has 0 bridgehead atoms. The van der Waals surface area contributed by atoms with Crippen molar-refractivity contribution in [2.45, 2.75) is 33.8 Å². The SMILES string of the molecule is Cc1cc(-c2ccccc2)cc(C)c1C(=O)CBr.Cc1cc(-c2ccccc2)cc(C)c1C(O)CBr. The van der Waals surface area contributed by atoms with Crippen LogP contribution in [0.1, 0.15) is 44.3 Å². The van der Waals surface area contributed by atoms with Gasteiger partial charge in [-0.1, -0.05) is 117 Å². The molecule has 2 nitrogen and oxygen atoms in total. The van der Waals surface area contributed by atoms with E-state index in [1.54, 1.807) is 0 Å². The summed E-state index contributed by atoms with van der Waals surface area (Å²) in [7, 11) is 0. The van der Waals surface area contributed by atoms with Gasteiger partial charge >= 0.3 is 0 Å². The summed E-state index contributed by atoms with van der Waals surface area (Å²) in [4.78, 5) is 11.9. The normalized spacial score (nSPS) is 11.4. The Balaban J connectivity index is 0.000000201. The smallest absolute Gasteiger partial charge is 0.173 e. The molecule has 36 heavy (non-hydrogen) atoms. The number of aliphatic hydroxyl groups excluding tert-OH is 1. The molecule has 0 heterocycles. The summed E-state index contributed by atoms with van der Waals surface area (Å²) in [5, 5.41) is 10.9. The van der Waals surface area contributed by atoms with Crippen LogP contribution in [-0.2, 0) is 0 Å². The first-order chi connectivity index (χ1) is 17.3. The highest BCUT2D eigenvalue weighted by Crippen LogP contribution is 2.29. The van der Waals surface area contributed by atoms with Gasteiger partial charge in [-0.05, 0) is 77.8 Å². The average molecular weight is 608 g/mol. The number of alkyl halides is 2. The molecule has 0 aromatic heterocycles. The fraction of sp³-hybridized carbons (Fsp3) is 0.219. The van der Waals surface area contributed by atoms with Gasteiger partial charge < -0.3 is 5.11 Å². The maximum absolute atomic E-state index is 11.9. The molecule has 4 aromatic rings. The van der Waals surface area contributed by atoms with Crippen molar-refractivity contribution in [1.29, 1.82) is 0 Å². The molecule has 0 amide bonds. The molecule has 1 unspecified atom stereocenters. The van der Waals surface area contributed by atoms with Gasteiger partial charge in [0.1, 0.15) is 0 Å². The lowest BCUT2D eigenvalue weighted by atomic mass is 9.93. The number of hydrogen-bond acceptors (Lipinski definition) is 2. The Morgan fingerprint density at radius 2 is 1.06 bits per heavy atom. The number of halogens is 2. The average Bonchev–Trinajstić information content (AvgIpc) is 2.89.